The summed E-state index contributed by atoms with van der Waals surface area (Å²) in [5, 5.41) is 5.23. The Labute approximate surface area is 212 Å². The molecule has 186 valence electrons. The molecule has 0 bridgehead atoms. The summed E-state index contributed by atoms with van der Waals surface area (Å²) in [7, 11) is 0. The fourth-order valence-electron chi connectivity index (χ4n) is 5.05. The third-order valence-corrected chi connectivity index (χ3v) is 6.90. The Morgan fingerprint density at radius 1 is 0.944 bits per heavy atom. The second-order valence-corrected chi connectivity index (χ2v) is 9.33. The summed E-state index contributed by atoms with van der Waals surface area (Å²) < 4.78 is 5.72. The number of anilines is 1. The highest BCUT2D eigenvalue weighted by Gasteiger charge is 2.28. The molecule has 1 aliphatic rings. The van der Waals surface area contributed by atoms with Gasteiger partial charge >= 0.3 is 0 Å². The van der Waals surface area contributed by atoms with Crippen molar-refractivity contribution in [3.8, 4) is 11.3 Å². The van der Waals surface area contributed by atoms with E-state index in [4.69, 9.17) is 9.51 Å². The number of rotatable bonds is 7. The van der Waals surface area contributed by atoms with Gasteiger partial charge in [0.15, 0.2) is 0 Å². The fraction of sp³-hybridized carbons (Fsp3) is 0.379. The second kappa shape index (κ2) is 10.9. The minimum atomic E-state index is -0.109. The molecule has 3 heterocycles. The maximum Gasteiger partial charge on any atom is 0.263 e. The minimum absolute atomic E-state index is 0.109. The van der Waals surface area contributed by atoms with Crippen LogP contribution in [0.3, 0.4) is 0 Å². The number of carbonyl (C=O) groups is 1. The third kappa shape index (κ3) is 4.83. The molecule has 1 atom stereocenters. The van der Waals surface area contributed by atoms with E-state index in [9.17, 15) is 4.79 Å². The first-order chi connectivity index (χ1) is 17.7. The van der Waals surface area contributed by atoms with Crippen LogP contribution in [0.4, 0.5) is 5.82 Å². The van der Waals surface area contributed by atoms with Crippen molar-refractivity contribution in [1.29, 1.82) is 0 Å². The van der Waals surface area contributed by atoms with Gasteiger partial charge in [-0.25, -0.2) is 4.98 Å². The van der Waals surface area contributed by atoms with Gasteiger partial charge in [-0.15, -0.1) is 0 Å². The van der Waals surface area contributed by atoms with E-state index in [1.165, 1.54) is 0 Å². The lowest BCUT2D eigenvalue weighted by atomic mass is 9.95. The number of amides is 1. The standard InChI is InChI=1S/C29H33N5O2/c1-3-12-24-30-27(25-26(32-36-28(25)31-24)22-15-9-6-10-16-22)33-17-11-18-34(20-19-33)29(35)23(4-2)21-13-7-5-8-14-21/h5-10,13-16,23H,3-4,11-12,17-20H2,1-2H3/t23-/m0/s1. The molecular weight excluding hydrogens is 450 g/mol. The average molecular weight is 484 g/mol. The van der Waals surface area contributed by atoms with E-state index >= 15 is 0 Å². The maximum atomic E-state index is 13.5. The Bertz CT molecular complexity index is 1310. The number of nitrogens with zero attached hydrogens (tertiary/aromatic N) is 5. The van der Waals surface area contributed by atoms with Crippen molar-refractivity contribution in [2.75, 3.05) is 31.1 Å². The van der Waals surface area contributed by atoms with Gasteiger partial charge in [-0.3, -0.25) is 4.79 Å². The quantitative estimate of drug-likeness (QED) is 0.347. The summed E-state index contributed by atoms with van der Waals surface area (Å²) in [5.41, 5.74) is 3.35. The Balaban J connectivity index is 1.45. The Morgan fingerprint density at radius 3 is 2.42 bits per heavy atom. The number of hydrogen-bond donors (Lipinski definition) is 0. The number of fused-ring (bicyclic) bond motifs is 1. The van der Waals surface area contributed by atoms with Crippen LogP contribution in [0.2, 0.25) is 0 Å². The molecule has 36 heavy (non-hydrogen) atoms. The summed E-state index contributed by atoms with van der Waals surface area (Å²) in [6.07, 6.45) is 3.39. The molecule has 0 spiro atoms. The summed E-state index contributed by atoms with van der Waals surface area (Å²) >= 11 is 0. The summed E-state index contributed by atoms with van der Waals surface area (Å²) in [5.74, 6) is 1.72. The molecule has 1 amide bonds. The SMILES string of the molecule is CCCc1nc(N2CCCN(C(=O)[C@@H](CC)c3ccccc3)CC2)c2c(-c3ccccc3)noc2n1. The van der Waals surface area contributed by atoms with E-state index in [0.29, 0.717) is 18.8 Å². The molecule has 5 rings (SSSR count). The minimum Gasteiger partial charge on any atom is -0.354 e. The number of hydrogen-bond acceptors (Lipinski definition) is 6. The van der Waals surface area contributed by atoms with Crippen LogP contribution < -0.4 is 4.90 Å². The lowest BCUT2D eigenvalue weighted by molar-refractivity contribution is -0.132. The molecule has 7 heteroatoms. The molecule has 0 saturated carbocycles. The third-order valence-electron chi connectivity index (χ3n) is 6.90. The van der Waals surface area contributed by atoms with Crippen LogP contribution in [0.15, 0.2) is 65.2 Å². The molecule has 1 saturated heterocycles. The molecule has 1 aliphatic heterocycles. The summed E-state index contributed by atoms with van der Waals surface area (Å²) in [4.78, 5) is 27.5. The predicted molar refractivity (Wildman–Crippen MR) is 142 cm³/mol. The molecule has 7 nitrogen and oxygen atoms in total. The zero-order chi connectivity index (χ0) is 24.9. The van der Waals surface area contributed by atoms with Crippen LogP contribution in [0.25, 0.3) is 22.4 Å². The van der Waals surface area contributed by atoms with Crippen molar-refractivity contribution in [2.45, 2.75) is 45.4 Å². The topological polar surface area (TPSA) is 75.4 Å². The van der Waals surface area contributed by atoms with E-state index < -0.39 is 0 Å². The van der Waals surface area contributed by atoms with E-state index in [2.05, 4.69) is 41.0 Å². The number of carbonyl (C=O) groups excluding carboxylic acids is 1. The predicted octanol–water partition coefficient (Wildman–Crippen LogP) is 5.47. The van der Waals surface area contributed by atoms with Crippen LogP contribution in [0.5, 0.6) is 0 Å². The highest BCUT2D eigenvalue weighted by atomic mass is 16.5. The smallest absolute Gasteiger partial charge is 0.263 e. The van der Waals surface area contributed by atoms with Gasteiger partial charge in [-0.05, 0) is 24.8 Å². The van der Waals surface area contributed by atoms with Gasteiger partial charge in [-0.2, -0.15) is 4.98 Å². The lowest BCUT2D eigenvalue weighted by Gasteiger charge is -2.26. The normalized spacial score (nSPS) is 15.2. The number of aryl methyl sites for hydroxylation is 1. The van der Waals surface area contributed by atoms with Crippen molar-refractivity contribution in [2.24, 2.45) is 0 Å². The van der Waals surface area contributed by atoms with E-state index in [1.807, 2.05) is 53.4 Å². The monoisotopic (exact) mass is 483 g/mol. The summed E-state index contributed by atoms with van der Waals surface area (Å²) in [6, 6.07) is 20.1. The molecule has 0 unspecified atom stereocenters. The second-order valence-electron chi connectivity index (χ2n) is 9.33. The molecule has 2 aromatic heterocycles. The van der Waals surface area contributed by atoms with Crippen LogP contribution in [-0.4, -0.2) is 52.1 Å². The van der Waals surface area contributed by atoms with Crippen molar-refractivity contribution < 1.29 is 9.32 Å². The van der Waals surface area contributed by atoms with Gasteiger partial charge in [0, 0.05) is 38.2 Å². The van der Waals surface area contributed by atoms with Gasteiger partial charge < -0.3 is 14.3 Å². The van der Waals surface area contributed by atoms with Crippen LogP contribution in [-0.2, 0) is 11.2 Å². The van der Waals surface area contributed by atoms with Gasteiger partial charge in [0.25, 0.3) is 5.71 Å². The van der Waals surface area contributed by atoms with E-state index in [0.717, 1.165) is 72.6 Å². The number of aromatic nitrogens is 3. The van der Waals surface area contributed by atoms with Crippen molar-refractivity contribution >= 4 is 22.8 Å². The van der Waals surface area contributed by atoms with Crippen LogP contribution >= 0.6 is 0 Å². The maximum absolute atomic E-state index is 13.5. The number of benzene rings is 2. The van der Waals surface area contributed by atoms with Crippen molar-refractivity contribution in [1.82, 2.24) is 20.0 Å². The Kier molecular flexibility index (Phi) is 7.26. The van der Waals surface area contributed by atoms with Crippen molar-refractivity contribution in [3.63, 3.8) is 0 Å². The van der Waals surface area contributed by atoms with Gasteiger partial charge in [0.1, 0.15) is 22.7 Å². The molecular formula is C29H33N5O2. The molecule has 2 aromatic carbocycles. The van der Waals surface area contributed by atoms with Gasteiger partial charge in [-0.1, -0.05) is 79.7 Å². The zero-order valence-corrected chi connectivity index (χ0v) is 21.1. The van der Waals surface area contributed by atoms with Crippen LogP contribution in [0.1, 0.15) is 50.4 Å². The highest BCUT2D eigenvalue weighted by Crippen LogP contribution is 2.34. The molecule has 0 aliphatic carbocycles. The highest BCUT2D eigenvalue weighted by molar-refractivity contribution is 5.98. The van der Waals surface area contributed by atoms with E-state index in [-0.39, 0.29) is 11.8 Å². The first-order valence-corrected chi connectivity index (χ1v) is 13.0. The Hall–Kier alpha value is -3.74. The average Bonchev–Trinajstić information content (AvgIpc) is 3.19. The van der Waals surface area contributed by atoms with Crippen molar-refractivity contribution in [3.05, 3.63) is 72.1 Å². The largest absolute Gasteiger partial charge is 0.354 e. The Morgan fingerprint density at radius 2 is 1.69 bits per heavy atom. The first kappa shape index (κ1) is 24.0. The van der Waals surface area contributed by atoms with E-state index in [1.54, 1.807) is 0 Å². The zero-order valence-electron chi connectivity index (χ0n) is 21.1. The summed E-state index contributed by atoms with van der Waals surface area (Å²) in [6.45, 7) is 7.11. The first-order valence-electron chi connectivity index (χ1n) is 13.0. The van der Waals surface area contributed by atoms with Gasteiger partial charge in [0.2, 0.25) is 5.91 Å². The molecule has 1 fully saturated rings. The molecule has 0 radical (unpaired) electrons. The lowest BCUT2D eigenvalue weighted by Crippen LogP contribution is -2.38. The molecule has 4 aromatic rings. The molecule has 0 N–H and O–H groups in total. The fourth-order valence-corrected chi connectivity index (χ4v) is 5.05. The van der Waals surface area contributed by atoms with Crippen LogP contribution in [0, 0.1) is 0 Å². The van der Waals surface area contributed by atoms with Gasteiger partial charge in [0.05, 0.1) is 5.92 Å².